The van der Waals surface area contributed by atoms with E-state index in [9.17, 15) is 4.39 Å². The van der Waals surface area contributed by atoms with Gasteiger partial charge < -0.3 is 11.5 Å². The predicted molar refractivity (Wildman–Crippen MR) is 55.2 cm³/mol. The van der Waals surface area contributed by atoms with Crippen LogP contribution in [-0.4, -0.2) is 14.8 Å². The van der Waals surface area contributed by atoms with Gasteiger partial charge >= 0.3 is 0 Å². The van der Waals surface area contributed by atoms with Crippen molar-refractivity contribution in [2.45, 2.75) is 0 Å². The average Bonchev–Trinajstić information content (AvgIpc) is 2.43. The SMILES string of the molecule is Nc1nc(N)n(-c2cc(F)cc(Cl)c2)n1. The van der Waals surface area contributed by atoms with Crippen LogP contribution in [0.25, 0.3) is 5.69 Å². The summed E-state index contributed by atoms with van der Waals surface area (Å²) in [6, 6.07) is 3.92. The highest BCUT2D eigenvalue weighted by atomic mass is 35.5. The average molecular weight is 228 g/mol. The first-order valence-corrected chi connectivity index (χ1v) is 4.38. The van der Waals surface area contributed by atoms with Gasteiger partial charge in [-0.15, -0.1) is 5.10 Å². The Hall–Kier alpha value is -1.82. The second-order valence-electron chi connectivity index (χ2n) is 2.87. The van der Waals surface area contributed by atoms with Gasteiger partial charge in [0.25, 0.3) is 0 Å². The molecule has 0 saturated carbocycles. The Morgan fingerprint density at radius 1 is 1.27 bits per heavy atom. The van der Waals surface area contributed by atoms with Crippen molar-refractivity contribution in [1.29, 1.82) is 0 Å². The maximum absolute atomic E-state index is 13.0. The third-order valence-electron chi connectivity index (χ3n) is 1.74. The van der Waals surface area contributed by atoms with Crippen molar-refractivity contribution in [3.8, 4) is 5.69 Å². The molecule has 2 rings (SSSR count). The van der Waals surface area contributed by atoms with Gasteiger partial charge in [0, 0.05) is 5.02 Å². The van der Waals surface area contributed by atoms with Crippen molar-refractivity contribution >= 4 is 23.5 Å². The van der Waals surface area contributed by atoms with E-state index in [4.69, 9.17) is 23.1 Å². The van der Waals surface area contributed by atoms with Gasteiger partial charge in [0.2, 0.25) is 11.9 Å². The maximum Gasteiger partial charge on any atom is 0.241 e. The molecule has 0 atom stereocenters. The van der Waals surface area contributed by atoms with Gasteiger partial charge in [-0.2, -0.15) is 9.67 Å². The molecule has 0 bridgehead atoms. The largest absolute Gasteiger partial charge is 0.368 e. The lowest BCUT2D eigenvalue weighted by molar-refractivity contribution is 0.625. The minimum atomic E-state index is -0.481. The van der Waals surface area contributed by atoms with Crippen LogP contribution < -0.4 is 11.5 Å². The number of rotatable bonds is 1. The number of anilines is 2. The Balaban J connectivity index is 2.58. The zero-order valence-electron chi connectivity index (χ0n) is 7.48. The minimum Gasteiger partial charge on any atom is -0.368 e. The molecule has 0 aliphatic carbocycles. The van der Waals surface area contributed by atoms with Crippen LogP contribution in [0.4, 0.5) is 16.3 Å². The molecule has 7 heteroatoms. The molecule has 0 unspecified atom stereocenters. The van der Waals surface area contributed by atoms with Crippen LogP contribution in [-0.2, 0) is 0 Å². The molecule has 0 fully saturated rings. The zero-order valence-corrected chi connectivity index (χ0v) is 8.24. The number of benzene rings is 1. The van der Waals surface area contributed by atoms with E-state index in [0.717, 1.165) is 0 Å². The topological polar surface area (TPSA) is 82.7 Å². The summed E-state index contributed by atoms with van der Waals surface area (Å²) in [7, 11) is 0. The van der Waals surface area contributed by atoms with E-state index in [0.29, 0.717) is 5.69 Å². The van der Waals surface area contributed by atoms with E-state index < -0.39 is 5.82 Å². The van der Waals surface area contributed by atoms with Crippen LogP contribution in [0, 0.1) is 5.82 Å². The van der Waals surface area contributed by atoms with Gasteiger partial charge in [-0.3, -0.25) is 0 Å². The summed E-state index contributed by atoms with van der Waals surface area (Å²) in [4.78, 5) is 3.69. The zero-order chi connectivity index (χ0) is 11.0. The number of hydrogen-bond acceptors (Lipinski definition) is 4. The maximum atomic E-state index is 13.0. The standard InChI is InChI=1S/C8H7ClFN5/c9-4-1-5(10)3-6(2-4)15-8(12)13-7(11)14-15/h1-3H,(H4,11,12,13,14). The highest BCUT2D eigenvalue weighted by Gasteiger charge is 2.08. The van der Waals surface area contributed by atoms with E-state index in [2.05, 4.69) is 10.1 Å². The van der Waals surface area contributed by atoms with Crippen LogP contribution in [0.1, 0.15) is 0 Å². The van der Waals surface area contributed by atoms with Crippen molar-refractivity contribution in [2.75, 3.05) is 11.5 Å². The molecule has 1 heterocycles. The Morgan fingerprint density at radius 2 is 2.00 bits per heavy atom. The Morgan fingerprint density at radius 3 is 2.53 bits per heavy atom. The predicted octanol–water partition coefficient (Wildman–Crippen LogP) is 1.22. The third kappa shape index (κ3) is 1.84. The van der Waals surface area contributed by atoms with Gasteiger partial charge in [-0.25, -0.2) is 4.39 Å². The summed E-state index contributed by atoms with van der Waals surface area (Å²) in [5.74, 6) is -0.381. The van der Waals surface area contributed by atoms with Crippen LogP contribution in [0.5, 0.6) is 0 Å². The Bertz CT molecular complexity index is 489. The number of nitrogens with two attached hydrogens (primary N) is 2. The molecular weight excluding hydrogens is 221 g/mol. The fourth-order valence-corrected chi connectivity index (χ4v) is 1.41. The molecule has 0 aliphatic rings. The first-order valence-electron chi connectivity index (χ1n) is 4.01. The lowest BCUT2D eigenvalue weighted by Gasteiger charge is -2.02. The molecule has 5 nitrogen and oxygen atoms in total. The highest BCUT2D eigenvalue weighted by molar-refractivity contribution is 6.30. The van der Waals surface area contributed by atoms with Crippen LogP contribution >= 0.6 is 11.6 Å². The number of nitrogen functional groups attached to an aromatic ring is 2. The smallest absolute Gasteiger partial charge is 0.241 e. The number of aromatic nitrogens is 3. The molecule has 0 spiro atoms. The van der Waals surface area contributed by atoms with E-state index in [1.165, 1.54) is 22.9 Å². The van der Waals surface area contributed by atoms with Gasteiger partial charge in [-0.1, -0.05) is 11.6 Å². The molecular formula is C8H7ClFN5. The summed E-state index contributed by atoms with van der Waals surface area (Å²) in [5, 5.41) is 4.04. The molecule has 1 aromatic carbocycles. The summed E-state index contributed by atoms with van der Waals surface area (Å²) >= 11 is 5.69. The number of hydrogen-bond donors (Lipinski definition) is 2. The fraction of sp³-hybridized carbons (Fsp3) is 0. The first-order chi connectivity index (χ1) is 7.06. The van der Waals surface area contributed by atoms with Crippen molar-refractivity contribution < 1.29 is 4.39 Å². The Labute approximate surface area is 89.5 Å². The normalized spacial score (nSPS) is 10.5. The molecule has 0 radical (unpaired) electrons. The molecule has 0 amide bonds. The number of halogens is 2. The van der Waals surface area contributed by atoms with Crippen LogP contribution in [0.2, 0.25) is 5.02 Å². The lowest BCUT2D eigenvalue weighted by atomic mass is 10.3. The van der Waals surface area contributed by atoms with Crippen molar-refractivity contribution in [3.63, 3.8) is 0 Å². The molecule has 1 aromatic heterocycles. The van der Waals surface area contributed by atoms with Crippen molar-refractivity contribution in [2.24, 2.45) is 0 Å². The highest BCUT2D eigenvalue weighted by Crippen LogP contribution is 2.19. The van der Waals surface area contributed by atoms with E-state index in [-0.39, 0.29) is 16.9 Å². The summed E-state index contributed by atoms with van der Waals surface area (Å²) in [6.45, 7) is 0. The molecule has 2 aromatic rings. The molecule has 15 heavy (non-hydrogen) atoms. The summed E-state index contributed by atoms with van der Waals surface area (Å²) in [5.41, 5.74) is 11.2. The van der Waals surface area contributed by atoms with Gasteiger partial charge in [0.15, 0.2) is 0 Å². The molecule has 0 saturated heterocycles. The molecule has 0 aliphatic heterocycles. The summed E-state index contributed by atoms with van der Waals surface area (Å²) < 4.78 is 14.2. The third-order valence-corrected chi connectivity index (χ3v) is 1.96. The first kappa shape index (κ1) is 9.72. The monoisotopic (exact) mass is 227 g/mol. The van der Waals surface area contributed by atoms with Gasteiger partial charge in [0.05, 0.1) is 5.69 Å². The second-order valence-corrected chi connectivity index (χ2v) is 3.30. The van der Waals surface area contributed by atoms with Gasteiger partial charge in [-0.05, 0) is 18.2 Å². The fourth-order valence-electron chi connectivity index (χ4n) is 1.19. The van der Waals surface area contributed by atoms with E-state index >= 15 is 0 Å². The molecule has 4 N–H and O–H groups in total. The van der Waals surface area contributed by atoms with E-state index in [1.54, 1.807) is 0 Å². The lowest BCUT2D eigenvalue weighted by Crippen LogP contribution is -2.02. The van der Waals surface area contributed by atoms with Gasteiger partial charge in [0.1, 0.15) is 5.82 Å². The van der Waals surface area contributed by atoms with E-state index in [1.807, 2.05) is 0 Å². The Kier molecular flexibility index (Phi) is 2.20. The van der Waals surface area contributed by atoms with Crippen molar-refractivity contribution in [1.82, 2.24) is 14.8 Å². The van der Waals surface area contributed by atoms with Crippen molar-refractivity contribution in [3.05, 3.63) is 29.0 Å². The quantitative estimate of drug-likeness (QED) is 0.768. The molecule has 78 valence electrons. The summed E-state index contributed by atoms with van der Waals surface area (Å²) in [6.07, 6.45) is 0. The van der Waals surface area contributed by atoms with Crippen LogP contribution in [0.3, 0.4) is 0 Å². The van der Waals surface area contributed by atoms with Crippen LogP contribution in [0.15, 0.2) is 18.2 Å². The second kappa shape index (κ2) is 3.39. The number of nitrogens with zero attached hydrogens (tertiary/aromatic N) is 3. The minimum absolute atomic E-state index is 0.0212.